The van der Waals surface area contributed by atoms with Crippen molar-refractivity contribution in [3.8, 4) is 28.6 Å². The molecule has 2 aromatic carbocycles. The van der Waals surface area contributed by atoms with Crippen molar-refractivity contribution < 1.29 is 38.1 Å². The van der Waals surface area contributed by atoms with E-state index < -0.39 is 22.0 Å². The van der Waals surface area contributed by atoms with E-state index in [4.69, 9.17) is 5.11 Å². The number of carbonyl (C=O) groups is 3. The van der Waals surface area contributed by atoms with Crippen LogP contribution in [-0.4, -0.2) is 105 Å². The third-order valence-corrected chi connectivity index (χ3v) is 11.1. The summed E-state index contributed by atoms with van der Waals surface area (Å²) in [4.78, 5) is 38.4. The van der Waals surface area contributed by atoms with Gasteiger partial charge < -0.3 is 30.9 Å². The lowest BCUT2D eigenvalue weighted by atomic mass is 9.95. The van der Waals surface area contributed by atoms with Gasteiger partial charge in [0.15, 0.2) is 5.82 Å². The number of nitrogens with one attached hydrogen (secondary N) is 2. The number of hydrogen-bond donors (Lipinski definition) is 5. The summed E-state index contributed by atoms with van der Waals surface area (Å²) in [7, 11) is -3.90. The molecule has 2 fully saturated rings. The molecule has 0 aliphatic carbocycles. The van der Waals surface area contributed by atoms with Crippen molar-refractivity contribution in [2.24, 2.45) is 11.8 Å². The van der Waals surface area contributed by atoms with E-state index in [-0.39, 0.29) is 70.4 Å². The quantitative estimate of drug-likeness (QED) is 0.209. The molecular formula is C33H43N7O8S. The highest BCUT2D eigenvalue weighted by molar-refractivity contribution is 7.89. The minimum Gasteiger partial charge on any atom is -0.508 e. The third kappa shape index (κ3) is 7.64. The maximum Gasteiger partial charge on any atom is 0.407 e. The summed E-state index contributed by atoms with van der Waals surface area (Å²) in [5.74, 6) is -1.13. The van der Waals surface area contributed by atoms with Gasteiger partial charge in [-0.25, -0.2) is 13.2 Å². The predicted molar refractivity (Wildman–Crippen MR) is 179 cm³/mol. The number of carbonyl (C=O) groups excluding carboxylic acids is 2. The first-order valence-electron chi connectivity index (χ1n) is 16.5. The lowest BCUT2D eigenvalue weighted by Gasteiger charge is -2.32. The van der Waals surface area contributed by atoms with Gasteiger partial charge >= 0.3 is 6.09 Å². The molecule has 0 atom stereocenters. The van der Waals surface area contributed by atoms with E-state index in [1.54, 1.807) is 13.0 Å². The highest BCUT2D eigenvalue weighted by Gasteiger charge is 2.33. The van der Waals surface area contributed by atoms with Gasteiger partial charge in [0.1, 0.15) is 11.5 Å². The summed E-state index contributed by atoms with van der Waals surface area (Å²) in [5, 5.41) is 44.2. The van der Waals surface area contributed by atoms with Crippen LogP contribution in [0, 0.1) is 11.8 Å². The Labute approximate surface area is 285 Å². The number of benzene rings is 2. The number of phenols is 2. The Morgan fingerprint density at radius 1 is 0.918 bits per heavy atom. The Balaban J connectivity index is 1.29. The summed E-state index contributed by atoms with van der Waals surface area (Å²) in [6.45, 7) is 7.56. The Morgan fingerprint density at radius 3 is 2.16 bits per heavy atom. The van der Waals surface area contributed by atoms with Crippen molar-refractivity contribution in [3.63, 3.8) is 0 Å². The molecule has 15 nitrogen and oxygen atoms in total. The minimum absolute atomic E-state index is 0.0376. The van der Waals surface area contributed by atoms with Crippen LogP contribution in [0.2, 0.25) is 0 Å². The topological polar surface area (TPSA) is 207 Å². The number of nitrogens with zero attached hydrogens (tertiary/aromatic N) is 5. The monoisotopic (exact) mass is 697 g/mol. The van der Waals surface area contributed by atoms with Gasteiger partial charge in [-0.1, -0.05) is 13.8 Å². The van der Waals surface area contributed by atoms with Gasteiger partial charge in [0, 0.05) is 56.9 Å². The molecule has 3 aromatic rings. The fraction of sp³-hybridized carbons (Fsp3) is 0.485. The van der Waals surface area contributed by atoms with Gasteiger partial charge in [0.25, 0.3) is 5.91 Å². The molecule has 0 spiro atoms. The van der Waals surface area contributed by atoms with E-state index in [9.17, 15) is 33.0 Å². The Hall–Kier alpha value is -4.70. The standard InChI is InChI=1S/C33H43N7O8S/c1-4-34-32(44)30-37-36-29(26-17-25(20(2)3)27(41)18-28(26)42)40(30)23-5-7-24(8-6-23)49(47,48)39-15-11-22(12-16-39)31(43)35-19-21-9-13-38(14-10-21)33(45)46/h5-8,17-18,20-22,41-42H,4,9-16,19H2,1-3H3,(H,34,44)(H,35,43)(H,45,46). The molecule has 0 radical (unpaired) electrons. The second-order valence-corrected chi connectivity index (χ2v) is 14.7. The lowest BCUT2D eigenvalue weighted by Crippen LogP contribution is -2.45. The van der Waals surface area contributed by atoms with Gasteiger partial charge in [0.05, 0.1) is 10.5 Å². The first-order chi connectivity index (χ1) is 23.3. The Bertz CT molecular complexity index is 1790. The van der Waals surface area contributed by atoms with Crippen molar-refractivity contribution in [1.29, 1.82) is 0 Å². The van der Waals surface area contributed by atoms with E-state index in [1.807, 2.05) is 13.8 Å². The van der Waals surface area contributed by atoms with E-state index in [0.717, 1.165) is 0 Å². The van der Waals surface area contributed by atoms with Crippen LogP contribution in [0.1, 0.15) is 68.6 Å². The van der Waals surface area contributed by atoms with Gasteiger partial charge in [-0.05, 0) is 80.3 Å². The molecule has 5 rings (SSSR count). The molecule has 49 heavy (non-hydrogen) atoms. The molecule has 3 heterocycles. The number of piperidine rings is 2. The zero-order valence-corrected chi connectivity index (χ0v) is 28.6. The molecule has 1 aromatic heterocycles. The van der Waals surface area contributed by atoms with Crippen LogP contribution in [-0.2, 0) is 14.8 Å². The van der Waals surface area contributed by atoms with Crippen LogP contribution in [0.15, 0.2) is 41.3 Å². The number of aromatic nitrogens is 3. The fourth-order valence-electron chi connectivity index (χ4n) is 6.32. The summed E-state index contributed by atoms with van der Waals surface area (Å²) in [6, 6.07) is 8.73. The molecule has 5 N–H and O–H groups in total. The van der Waals surface area contributed by atoms with Gasteiger partial charge in [-0.3, -0.25) is 14.2 Å². The predicted octanol–water partition coefficient (Wildman–Crippen LogP) is 3.13. The number of likely N-dealkylation sites (tertiary alicyclic amines) is 1. The lowest BCUT2D eigenvalue weighted by molar-refractivity contribution is -0.126. The largest absolute Gasteiger partial charge is 0.508 e. The number of aromatic hydroxyl groups is 2. The van der Waals surface area contributed by atoms with Crippen LogP contribution in [0.3, 0.4) is 0 Å². The molecule has 2 aliphatic heterocycles. The minimum atomic E-state index is -3.90. The molecule has 0 saturated carbocycles. The van der Waals surface area contributed by atoms with Gasteiger partial charge in [0.2, 0.25) is 21.8 Å². The van der Waals surface area contributed by atoms with Crippen molar-refractivity contribution >= 4 is 27.9 Å². The number of sulfonamides is 1. The SMILES string of the molecule is CCNC(=O)c1nnc(-c2cc(C(C)C)c(O)cc2O)n1-c1ccc(S(=O)(=O)N2CCC(C(=O)NCC3CCN(C(=O)O)CC3)CC2)cc1. The number of carboxylic acid groups (broad SMARTS) is 1. The highest BCUT2D eigenvalue weighted by Crippen LogP contribution is 2.38. The average Bonchev–Trinajstić information content (AvgIpc) is 3.52. The van der Waals surface area contributed by atoms with Gasteiger partial charge in [-0.2, -0.15) is 4.31 Å². The maximum atomic E-state index is 13.6. The number of rotatable bonds is 10. The average molecular weight is 698 g/mol. The van der Waals surface area contributed by atoms with Crippen molar-refractivity contribution in [3.05, 3.63) is 47.8 Å². The number of phenolic OH excluding ortho intramolecular Hbond substituents is 2. The number of amides is 3. The van der Waals surface area contributed by atoms with Crippen LogP contribution in [0.25, 0.3) is 17.1 Å². The fourth-order valence-corrected chi connectivity index (χ4v) is 7.79. The second-order valence-electron chi connectivity index (χ2n) is 12.8. The zero-order chi connectivity index (χ0) is 35.5. The normalized spacial score (nSPS) is 16.5. The highest BCUT2D eigenvalue weighted by atomic mass is 32.2. The Kier molecular flexibility index (Phi) is 10.8. The summed E-state index contributed by atoms with van der Waals surface area (Å²) in [5.41, 5.74) is 1.17. The zero-order valence-electron chi connectivity index (χ0n) is 27.8. The third-order valence-electron chi connectivity index (χ3n) is 9.22. The molecule has 16 heteroatoms. The molecule has 264 valence electrons. The molecule has 0 unspecified atom stereocenters. The Morgan fingerprint density at radius 2 is 1.57 bits per heavy atom. The maximum absolute atomic E-state index is 13.6. The van der Waals surface area contributed by atoms with Crippen molar-refractivity contribution in [2.45, 2.75) is 57.3 Å². The van der Waals surface area contributed by atoms with Crippen LogP contribution >= 0.6 is 0 Å². The summed E-state index contributed by atoms with van der Waals surface area (Å²) >= 11 is 0. The summed E-state index contributed by atoms with van der Waals surface area (Å²) in [6.07, 6.45) is 1.19. The van der Waals surface area contributed by atoms with Crippen LogP contribution in [0.4, 0.5) is 4.79 Å². The second kappa shape index (κ2) is 14.8. The van der Waals surface area contributed by atoms with E-state index in [0.29, 0.717) is 63.1 Å². The molecule has 3 amide bonds. The number of hydrogen-bond acceptors (Lipinski definition) is 9. The van der Waals surface area contributed by atoms with Gasteiger partial charge in [-0.15, -0.1) is 10.2 Å². The molecular weight excluding hydrogens is 654 g/mol. The first-order valence-corrected chi connectivity index (χ1v) is 17.9. The first kappa shape index (κ1) is 35.6. The molecule has 2 saturated heterocycles. The van der Waals surface area contributed by atoms with Crippen LogP contribution in [0.5, 0.6) is 11.5 Å². The molecule has 2 aliphatic rings. The summed E-state index contributed by atoms with van der Waals surface area (Å²) < 4.78 is 30.0. The van der Waals surface area contributed by atoms with E-state index >= 15 is 0 Å². The molecule has 0 bridgehead atoms. The van der Waals surface area contributed by atoms with Crippen molar-refractivity contribution in [1.82, 2.24) is 34.6 Å². The smallest absolute Gasteiger partial charge is 0.407 e. The van der Waals surface area contributed by atoms with Crippen molar-refractivity contribution in [2.75, 3.05) is 39.3 Å². The van der Waals surface area contributed by atoms with E-state index in [1.165, 1.54) is 44.1 Å². The van der Waals surface area contributed by atoms with E-state index in [2.05, 4.69) is 20.8 Å². The van der Waals surface area contributed by atoms with Crippen LogP contribution < -0.4 is 10.6 Å².